The first-order chi connectivity index (χ1) is 10.6. The zero-order valence-electron chi connectivity index (χ0n) is 13.7. The van der Waals surface area contributed by atoms with Crippen molar-refractivity contribution in [3.63, 3.8) is 0 Å². The van der Waals surface area contributed by atoms with Crippen LogP contribution in [0.2, 0.25) is 0 Å². The summed E-state index contributed by atoms with van der Waals surface area (Å²) in [5.74, 6) is 0.157. The molecular weight excluding hydrogens is 274 g/mol. The molecule has 0 aromatic heterocycles. The highest BCUT2D eigenvalue weighted by atomic mass is 16.7. The van der Waals surface area contributed by atoms with Crippen LogP contribution in [-0.4, -0.2) is 24.0 Å². The van der Waals surface area contributed by atoms with Crippen LogP contribution in [0.3, 0.4) is 0 Å². The number of hydrogen-bond acceptors (Lipinski definition) is 3. The van der Waals surface area contributed by atoms with E-state index in [1.165, 1.54) is 5.56 Å². The van der Waals surface area contributed by atoms with Gasteiger partial charge in [0.1, 0.15) is 12.5 Å². The summed E-state index contributed by atoms with van der Waals surface area (Å²) in [4.78, 5) is 2.24. The van der Waals surface area contributed by atoms with Gasteiger partial charge in [0.05, 0.1) is 0 Å². The molecule has 0 saturated carbocycles. The second kappa shape index (κ2) is 7.97. The molecule has 2 aromatic carbocycles. The Kier molecular flexibility index (Phi) is 5.99. The molecule has 0 N–H and O–H groups in total. The van der Waals surface area contributed by atoms with Gasteiger partial charge >= 0.3 is 0 Å². The lowest BCUT2D eigenvalue weighted by Crippen LogP contribution is -2.37. The van der Waals surface area contributed by atoms with Crippen LogP contribution in [-0.2, 0) is 11.3 Å². The van der Waals surface area contributed by atoms with Crippen molar-refractivity contribution >= 4 is 0 Å². The molecule has 0 aliphatic carbocycles. The van der Waals surface area contributed by atoms with E-state index in [-0.39, 0.29) is 0 Å². The number of nitrogens with zero attached hydrogens (tertiary/aromatic N) is 1. The van der Waals surface area contributed by atoms with Crippen LogP contribution >= 0.6 is 0 Å². The lowest BCUT2D eigenvalue weighted by atomic mass is 10.2. The Morgan fingerprint density at radius 3 is 2.09 bits per heavy atom. The quantitative estimate of drug-likeness (QED) is 0.678. The van der Waals surface area contributed by atoms with Crippen LogP contribution in [0.25, 0.3) is 0 Å². The Labute approximate surface area is 133 Å². The first-order valence-corrected chi connectivity index (χ1v) is 7.73. The van der Waals surface area contributed by atoms with Gasteiger partial charge in [0, 0.05) is 20.4 Å². The van der Waals surface area contributed by atoms with Gasteiger partial charge in [0.2, 0.25) is 5.79 Å². The third-order valence-corrected chi connectivity index (χ3v) is 3.40. The molecule has 0 bridgehead atoms. The monoisotopic (exact) mass is 299 g/mol. The standard InChI is InChI=1S/C19H25NO2/c1-4-20(15-17-11-7-5-8-12-17)16-21-19(2,3)22-18-13-9-6-10-14-18/h5-14H,4,15-16H2,1-3H3. The summed E-state index contributed by atoms with van der Waals surface area (Å²) in [6.45, 7) is 8.35. The van der Waals surface area contributed by atoms with Crippen LogP contribution in [0.1, 0.15) is 26.3 Å². The van der Waals surface area contributed by atoms with Gasteiger partial charge in [-0.05, 0) is 24.2 Å². The topological polar surface area (TPSA) is 21.7 Å². The maximum Gasteiger partial charge on any atom is 0.206 e. The lowest BCUT2D eigenvalue weighted by molar-refractivity contribution is -0.183. The highest BCUT2D eigenvalue weighted by molar-refractivity contribution is 5.21. The van der Waals surface area contributed by atoms with E-state index in [0.29, 0.717) is 6.73 Å². The molecule has 0 fully saturated rings. The Balaban J connectivity index is 1.86. The summed E-state index contributed by atoms with van der Waals surface area (Å²) in [6.07, 6.45) is 0. The first-order valence-electron chi connectivity index (χ1n) is 7.73. The highest BCUT2D eigenvalue weighted by Gasteiger charge is 2.21. The van der Waals surface area contributed by atoms with Crippen molar-refractivity contribution in [2.24, 2.45) is 0 Å². The number of rotatable bonds is 8. The maximum atomic E-state index is 5.96. The summed E-state index contributed by atoms with van der Waals surface area (Å²) in [5, 5.41) is 0. The largest absolute Gasteiger partial charge is 0.463 e. The van der Waals surface area contributed by atoms with E-state index < -0.39 is 5.79 Å². The maximum absolute atomic E-state index is 5.96. The minimum Gasteiger partial charge on any atom is -0.463 e. The fourth-order valence-electron chi connectivity index (χ4n) is 2.14. The summed E-state index contributed by atoms with van der Waals surface area (Å²) in [5.41, 5.74) is 1.29. The lowest BCUT2D eigenvalue weighted by Gasteiger charge is -2.30. The zero-order chi connectivity index (χ0) is 15.8. The van der Waals surface area contributed by atoms with E-state index in [4.69, 9.17) is 9.47 Å². The third-order valence-electron chi connectivity index (χ3n) is 3.40. The molecular formula is C19H25NO2. The molecule has 0 amide bonds. The Morgan fingerprint density at radius 2 is 1.50 bits per heavy atom. The highest BCUT2D eigenvalue weighted by Crippen LogP contribution is 2.19. The van der Waals surface area contributed by atoms with Gasteiger partial charge in [0.25, 0.3) is 0 Å². The molecule has 0 aliphatic rings. The normalized spacial score (nSPS) is 11.6. The van der Waals surface area contributed by atoms with Crippen molar-refractivity contribution in [1.29, 1.82) is 0 Å². The van der Waals surface area contributed by atoms with Gasteiger partial charge in [-0.1, -0.05) is 55.5 Å². The van der Waals surface area contributed by atoms with E-state index >= 15 is 0 Å². The fraction of sp³-hybridized carbons (Fsp3) is 0.368. The molecule has 0 heterocycles. The van der Waals surface area contributed by atoms with Crippen LogP contribution in [0.4, 0.5) is 0 Å². The molecule has 0 unspecified atom stereocenters. The van der Waals surface area contributed by atoms with Crippen LogP contribution < -0.4 is 4.74 Å². The Bertz CT molecular complexity index is 540. The number of ether oxygens (including phenoxy) is 2. The van der Waals surface area contributed by atoms with E-state index in [1.54, 1.807) is 0 Å². The van der Waals surface area contributed by atoms with E-state index in [1.807, 2.05) is 50.2 Å². The van der Waals surface area contributed by atoms with Crippen LogP contribution in [0, 0.1) is 0 Å². The molecule has 2 rings (SSSR count). The van der Waals surface area contributed by atoms with Crippen LogP contribution in [0.15, 0.2) is 60.7 Å². The Morgan fingerprint density at radius 1 is 0.909 bits per heavy atom. The van der Waals surface area contributed by atoms with Crippen molar-refractivity contribution in [1.82, 2.24) is 4.90 Å². The second-order valence-corrected chi connectivity index (χ2v) is 5.72. The molecule has 0 atom stereocenters. The summed E-state index contributed by atoms with van der Waals surface area (Å²) in [7, 11) is 0. The second-order valence-electron chi connectivity index (χ2n) is 5.72. The minimum absolute atomic E-state index is 0.533. The molecule has 0 spiro atoms. The van der Waals surface area contributed by atoms with Crippen molar-refractivity contribution in [3.8, 4) is 5.75 Å². The van der Waals surface area contributed by atoms with Gasteiger partial charge in [-0.25, -0.2) is 0 Å². The number of para-hydroxylation sites is 1. The molecule has 0 saturated heterocycles. The van der Waals surface area contributed by atoms with E-state index in [2.05, 4.69) is 36.1 Å². The zero-order valence-corrected chi connectivity index (χ0v) is 13.7. The van der Waals surface area contributed by atoms with Crippen LogP contribution in [0.5, 0.6) is 5.75 Å². The smallest absolute Gasteiger partial charge is 0.206 e. The number of benzene rings is 2. The SMILES string of the molecule is CCN(COC(C)(C)Oc1ccccc1)Cc1ccccc1. The predicted octanol–water partition coefficient (Wildman–Crippen LogP) is 4.30. The molecule has 3 nitrogen and oxygen atoms in total. The van der Waals surface area contributed by atoms with Crippen molar-refractivity contribution in [2.45, 2.75) is 33.1 Å². The van der Waals surface area contributed by atoms with E-state index in [9.17, 15) is 0 Å². The van der Waals surface area contributed by atoms with Gasteiger partial charge in [0.15, 0.2) is 0 Å². The van der Waals surface area contributed by atoms with Crippen molar-refractivity contribution in [2.75, 3.05) is 13.3 Å². The predicted molar refractivity (Wildman–Crippen MR) is 89.6 cm³/mol. The average Bonchev–Trinajstić information content (AvgIpc) is 2.53. The molecule has 0 aliphatic heterocycles. The van der Waals surface area contributed by atoms with Gasteiger partial charge in [-0.15, -0.1) is 0 Å². The first kappa shape index (κ1) is 16.5. The molecule has 3 heteroatoms. The van der Waals surface area contributed by atoms with E-state index in [0.717, 1.165) is 18.8 Å². The third kappa shape index (κ3) is 5.51. The fourth-order valence-corrected chi connectivity index (χ4v) is 2.14. The average molecular weight is 299 g/mol. The molecule has 118 valence electrons. The van der Waals surface area contributed by atoms with Crippen molar-refractivity contribution < 1.29 is 9.47 Å². The number of hydrogen-bond donors (Lipinski definition) is 0. The molecule has 22 heavy (non-hydrogen) atoms. The Hall–Kier alpha value is -1.84. The van der Waals surface area contributed by atoms with Crippen molar-refractivity contribution in [3.05, 3.63) is 66.2 Å². The summed E-state index contributed by atoms with van der Waals surface area (Å²) in [6, 6.07) is 20.2. The van der Waals surface area contributed by atoms with Gasteiger partial charge in [-0.3, -0.25) is 4.90 Å². The molecule has 0 radical (unpaired) electrons. The summed E-state index contributed by atoms with van der Waals surface area (Å²) >= 11 is 0. The summed E-state index contributed by atoms with van der Waals surface area (Å²) < 4.78 is 11.9. The van der Waals surface area contributed by atoms with Gasteiger partial charge in [-0.2, -0.15) is 0 Å². The molecule has 2 aromatic rings. The minimum atomic E-state index is -0.661. The van der Waals surface area contributed by atoms with Gasteiger partial charge < -0.3 is 9.47 Å².